The molecular formula is C22H25N3O5. The number of carbonyl (C=O) groups is 3. The fourth-order valence-electron chi connectivity index (χ4n) is 5.14. The molecule has 8 nitrogen and oxygen atoms in total. The summed E-state index contributed by atoms with van der Waals surface area (Å²) in [6, 6.07) is 9.50. The first-order valence-corrected chi connectivity index (χ1v) is 10.5. The minimum Gasteiger partial charge on any atom is -0.450 e. The van der Waals surface area contributed by atoms with Gasteiger partial charge in [0.15, 0.2) is 0 Å². The molecular weight excluding hydrogens is 386 g/mol. The van der Waals surface area contributed by atoms with E-state index in [2.05, 4.69) is 0 Å². The maximum Gasteiger partial charge on any atom is 0.409 e. The van der Waals surface area contributed by atoms with E-state index >= 15 is 0 Å². The molecule has 4 atom stereocenters. The normalized spacial score (nSPS) is 32.0. The van der Waals surface area contributed by atoms with E-state index in [-0.39, 0.29) is 24.0 Å². The Bertz CT molecular complexity index is 895. The van der Waals surface area contributed by atoms with Gasteiger partial charge in [-0.15, -0.1) is 0 Å². The molecule has 30 heavy (non-hydrogen) atoms. The summed E-state index contributed by atoms with van der Waals surface area (Å²) in [4.78, 5) is 43.8. The van der Waals surface area contributed by atoms with Crippen molar-refractivity contribution in [3.05, 3.63) is 42.5 Å². The molecule has 1 spiro atoms. The summed E-state index contributed by atoms with van der Waals surface area (Å²) in [5.74, 6) is -1.16. The van der Waals surface area contributed by atoms with Gasteiger partial charge in [0.1, 0.15) is 5.60 Å². The third kappa shape index (κ3) is 2.81. The average Bonchev–Trinajstić information content (AvgIpc) is 3.42. The largest absolute Gasteiger partial charge is 0.450 e. The molecule has 1 aromatic carbocycles. The van der Waals surface area contributed by atoms with Crippen molar-refractivity contribution in [1.82, 2.24) is 9.80 Å². The molecule has 4 aliphatic heterocycles. The van der Waals surface area contributed by atoms with Crippen LogP contribution >= 0.6 is 0 Å². The molecule has 3 saturated heterocycles. The number of amides is 3. The molecule has 5 rings (SSSR count). The Kier molecular flexibility index (Phi) is 4.54. The van der Waals surface area contributed by atoms with Crippen molar-refractivity contribution in [3.8, 4) is 0 Å². The Balaban J connectivity index is 1.33. The van der Waals surface area contributed by atoms with E-state index in [9.17, 15) is 14.4 Å². The second-order valence-electron chi connectivity index (χ2n) is 8.17. The zero-order valence-electron chi connectivity index (χ0n) is 16.9. The van der Waals surface area contributed by atoms with Crippen LogP contribution in [0.3, 0.4) is 0 Å². The topological polar surface area (TPSA) is 79.4 Å². The number of benzene rings is 1. The van der Waals surface area contributed by atoms with E-state index in [1.165, 1.54) is 0 Å². The van der Waals surface area contributed by atoms with Crippen LogP contribution in [0.25, 0.3) is 0 Å². The molecule has 4 aliphatic rings. The number of fused-ring (bicyclic) bond motifs is 1. The van der Waals surface area contributed by atoms with Gasteiger partial charge in [-0.1, -0.05) is 30.4 Å². The van der Waals surface area contributed by atoms with Crippen molar-refractivity contribution in [2.75, 3.05) is 44.2 Å². The predicted octanol–water partition coefficient (Wildman–Crippen LogP) is 1.27. The van der Waals surface area contributed by atoms with Gasteiger partial charge >= 0.3 is 6.09 Å². The summed E-state index contributed by atoms with van der Waals surface area (Å²) in [6.45, 7) is 4.25. The summed E-state index contributed by atoms with van der Waals surface area (Å²) in [7, 11) is 0. The predicted molar refractivity (Wildman–Crippen MR) is 108 cm³/mol. The maximum absolute atomic E-state index is 13.4. The molecule has 8 heteroatoms. The first-order valence-electron chi connectivity index (χ1n) is 10.5. The van der Waals surface area contributed by atoms with Crippen LogP contribution in [0.4, 0.5) is 10.5 Å². The van der Waals surface area contributed by atoms with Gasteiger partial charge in [-0.3, -0.25) is 9.59 Å². The van der Waals surface area contributed by atoms with Gasteiger partial charge < -0.3 is 24.2 Å². The van der Waals surface area contributed by atoms with Crippen LogP contribution in [0.1, 0.15) is 6.92 Å². The number of hydrogen-bond acceptors (Lipinski definition) is 5. The first kappa shape index (κ1) is 19.1. The lowest BCUT2D eigenvalue weighted by Gasteiger charge is -2.36. The van der Waals surface area contributed by atoms with Crippen molar-refractivity contribution in [3.63, 3.8) is 0 Å². The number of rotatable bonds is 3. The second kappa shape index (κ2) is 7.12. The Morgan fingerprint density at radius 1 is 1.13 bits per heavy atom. The van der Waals surface area contributed by atoms with E-state index in [4.69, 9.17) is 9.47 Å². The lowest BCUT2D eigenvalue weighted by atomic mass is 9.76. The van der Waals surface area contributed by atoms with Gasteiger partial charge in [-0.05, 0) is 19.1 Å². The zero-order valence-corrected chi connectivity index (χ0v) is 16.9. The lowest BCUT2D eigenvalue weighted by molar-refractivity contribution is -0.141. The van der Waals surface area contributed by atoms with Crippen LogP contribution in [-0.2, 0) is 19.1 Å². The van der Waals surface area contributed by atoms with Gasteiger partial charge in [0, 0.05) is 31.9 Å². The summed E-state index contributed by atoms with van der Waals surface area (Å²) < 4.78 is 11.3. The molecule has 0 radical (unpaired) electrons. The lowest BCUT2D eigenvalue weighted by Crippen LogP contribution is -2.54. The maximum atomic E-state index is 13.4. The highest BCUT2D eigenvalue weighted by Crippen LogP contribution is 2.53. The third-order valence-electron chi connectivity index (χ3n) is 6.57. The summed E-state index contributed by atoms with van der Waals surface area (Å²) in [5, 5.41) is 0. The summed E-state index contributed by atoms with van der Waals surface area (Å²) in [6.07, 6.45) is 3.17. The van der Waals surface area contributed by atoms with Crippen molar-refractivity contribution < 1.29 is 23.9 Å². The Labute approximate surface area is 175 Å². The SMILES string of the molecule is CCOC(=O)N1CCN(C(=O)C2C3C(=O)N(c4ccccc4)C[C@@]34C=C[C@@H]2O4)CC1. The molecule has 4 heterocycles. The molecule has 0 aliphatic carbocycles. The number of piperazine rings is 1. The summed E-state index contributed by atoms with van der Waals surface area (Å²) >= 11 is 0. The molecule has 0 N–H and O–H groups in total. The zero-order chi connectivity index (χ0) is 20.9. The van der Waals surface area contributed by atoms with Gasteiger partial charge in [0.25, 0.3) is 0 Å². The minimum absolute atomic E-state index is 0.0587. The van der Waals surface area contributed by atoms with Crippen LogP contribution < -0.4 is 4.90 Å². The van der Waals surface area contributed by atoms with Crippen LogP contribution in [0, 0.1) is 11.8 Å². The Morgan fingerprint density at radius 3 is 2.53 bits per heavy atom. The highest BCUT2D eigenvalue weighted by atomic mass is 16.6. The quantitative estimate of drug-likeness (QED) is 0.700. The molecule has 3 fully saturated rings. The van der Waals surface area contributed by atoms with E-state index < -0.39 is 17.4 Å². The van der Waals surface area contributed by atoms with Crippen molar-refractivity contribution >= 4 is 23.6 Å². The van der Waals surface area contributed by atoms with Gasteiger partial charge in [0.2, 0.25) is 11.8 Å². The first-order chi connectivity index (χ1) is 14.5. The van der Waals surface area contributed by atoms with Gasteiger partial charge in [-0.2, -0.15) is 0 Å². The number of anilines is 1. The Hall–Kier alpha value is -2.87. The van der Waals surface area contributed by atoms with Gasteiger partial charge in [-0.25, -0.2) is 4.79 Å². The highest BCUT2D eigenvalue weighted by Gasteiger charge is 2.67. The van der Waals surface area contributed by atoms with Crippen LogP contribution in [0.2, 0.25) is 0 Å². The summed E-state index contributed by atoms with van der Waals surface area (Å²) in [5.41, 5.74) is 0.0889. The van der Waals surface area contributed by atoms with Crippen molar-refractivity contribution in [2.45, 2.75) is 18.6 Å². The molecule has 0 saturated carbocycles. The fraction of sp³-hybridized carbons (Fsp3) is 0.500. The third-order valence-corrected chi connectivity index (χ3v) is 6.57. The molecule has 1 aromatic rings. The van der Waals surface area contributed by atoms with E-state index in [0.717, 1.165) is 5.69 Å². The number of nitrogens with zero attached hydrogens (tertiary/aromatic N) is 3. The average molecular weight is 411 g/mol. The highest BCUT2D eigenvalue weighted by molar-refractivity contribution is 6.03. The van der Waals surface area contributed by atoms with Crippen molar-refractivity contribution in [1.29, 1.82) is 0 Å². The molecule has 0 aromatic heterocycles. The second-order valence-corrected chi connectivity index (χ2v) is 8.17. The number of para-hydroxylation sites is 1. The number of hydrogen-bond donors (Lipinski definition) is 0. The van der Waals surface area contributed by atoms with E-state index in [0.29, 0.717) is 39.3 Å². The fourth-order valence-corrected chi connectivity index (χ4v) is 5.14. The molecule has 158 valence electrons. The smallest absolute Gasteiger partial charge is 0.409 e. The molecule has 3 amide bonds. The minimum atomic E-state index is -0.731. The standard InChI is InChI=1S/C22H25N3O5/c1-2-29-21(28)24-12-10-23(11-13-24)19(26)17-16-8-9-22(30-16)14-25(20(27)18(17)22)15-6-4-3-5-7-15/h3-9,16-18H,2,10-14H2,1H3/t16-,17?,18?,22-/m0/s1. The molecule has 2 unspecified atom stereocenters. The Morgan fingerprint density at radius 2 is 1.83 bits per heavy atom. The van der Waals surface area contributed by atoms with E-state index in [1.807, 2.05) is 42.5 Å². The monoisotopic (exact) mass is 411 g/mol. The van der Waals surface area contributed by atoms with Crippen molar-refractivity contribution in [2.24, 2.45) is 11.8 Å². The van der Waals surface area contributed by atoms with Crippen LogP contribution in [0.15, 0.2) is 42.5 Å². The van der Waals surface area contributed by atoms with E-state index in [1.54, 1.807) is 21.6 Å². The van der Waals surface area contributed by atoms with Crippen LogP contribution in [-0.4, -0.2) is 78.7 Å². The number of ether oxygens (including phenoxy) is 2. The van der Waals surface area contributed by atoms with Gasteiger partial charge in [0.05, 0.1) is 31.1 Å². The molecule has 2 bridgehead atoms. The van der Waals surface area contributed by atoms with Crippen LogP contribution in [0.5, 0.6) is 0 Å². The number of carbonyl (C=O) groups excluding carboxylic acids is 3.